The van der Waals surface area contributed by atoms with E-state index in [1.54, 1.807) is 7.05 Å². The minimum Gasteiger partial charge on any atom is -0.375 e. The van der Waals surface area contributed by atoms with Crippen LogP contribution in [0.4, 0.5) is 0 Å². The van der Waals surface area contributed by atoms with E-state index >= 15 is 0 Å². The molecule has 1 aliphatic heterocycles. The molecule has 2 fully saturated rings. The van der Waals surface area contributed by atoms with Gasteiger partial charge in [-0.05, 0) is 32.6 Å². The lowest BCUT2D eigenvalue weighted by atomic mass is 9.64. The SMILES string of the molecule is CN=C(NCC1CCS(=O)(=O)C1)NC1CC(OC(C)C)C1(C)C. The monoisotopic (exact) mass is 345 g/mol. The van der Waals surface area contributed by atoms with Crippen LogP contribution in [0.15, 0.2) is 4.99 Å². The first kappa shape index (κ1) is 18.5. The third kappa shape index (κ3) is 4.59. The Hall–Kier alpha value is -0.820. The Kier molecular flexibility index (Phi) is 5.61. The number of ether oxygens (including phenoxy) is 1. The van der Waals surface area contributed by atoms with Crippen LogP contribution >= 0.6 is 0 Å². The van der Waals surface area contributed by atoms with Crippen LogP contribution in [0.5, 0.6) is 0 Å². The van der Waals surface area contributed by atoms with Gasteiger partial charge in [0.25, 0.3) is 0 Å². The highest BCUT2D eigenvalue weighted by Crippen LogP contribution is 2.43. The summed E-state index contributed by atoms with van der Waals surface area (Å²) in [6, 6.07) is 0.310. The van der Waals surface area contributed by atoms with E-state index in [9.17, 15) is 8.42 Å². The number of nitrogens with zero attached hydrogens (tertiary/aromatic N) is 1. The summed E-state index contributed by atoms with van der Waals surface area (Å²) in [5.74, 6) is 1.53. The molecule has 1 heterocycles. The molecule has 0 aromatic rings. The summed E-state index contributed by atoms with van der Waals surface area (Å²) in [7, 11) is -1.08. The van der Waals surface area contributed by atoms with Gasteiger partial charge in [0.1, 0.15) is 0 Å². The average molecular weight is 346 g/mol. The van der Waals surface area contributed by atoms with E-state index in [0.717, 1.165) is 18.8 Å². The fourth-order valence-corrected chi connectivity index (χ4v) is 5.19. The number of nitrogens with one attached hydrogen (secondary N) is 2. The topological polar surface area (TPSA) is 79.8 Å². The van der Waals surface area contributed by atoms with E-state index in [-0.39, 0.29) is 29.3 Å². The van der Waals surface area contributed by atoms with Gasteiger partial charge in [-0.3, -0.25) is 4.99 Å². The van der Waals surface area contributed by atoms with E-state index in [4.69, 9.17) is 4.74 Å². The molecule has 0 aromatic carbocycles. The van der Waals surface area contributed by atoms with Crippen molar-refractivity contribution in [1.82, 2.24) is 10.6 Å². The molecule has 0 amide bonds. The van der Waals surface area contributed by atoms with Gasteiger partial charge in [-0.15, -0.1) is 0 Å². The van der Waals surface area contributed by atoms with E-state index < -0.39 is 9.84 Å². The highest BCUT2D eigenvalue weighted by molar-refractivity contribution is 7.91. The third-order valence-corrected chi connectivity index (χ3v) is 6.87. The summed E-state index contributed by atoms with van der Waals surface area (Å²) in [6.07, 6.45) is 2.20. The molecule has 2 N–H and O–H groups in total. The molecule has 0 radical (unpaired) electrons. The Morgan fingerprint density at radius 2 is 2.09 bits per heavy atom. The second-order valence-electron chi connectivity index (χ2n) is 7.65. The molecule has 7 heteroatoms. The van der Waals surface area contributed by atoms with Gasteiger partial charge in [0.05, 0.1) is 23.7 Å². The molecular formula is C16H31N3O3S. The van der Waals surface area contributed by atoms with Gasteiger partial charge >= 0.3 is 0 Å². The zero-order chi connectivity index (χ0) is 17.3. The first-order chi connectivity index (χ1) is 10.6. The van der Waals surface area contributed by atoms with Crippen molar-refractivity contribution in [3.05, 3.63) is 0 Å². The van der Waals surface area contributed by atoms with Crippen molar-refractivity contribution in [1.29, 1.82) is 0 Å². The molecule has 1 saturated carbocycles. The van der Waals surface area contributed by atoms with Crippen molar-refractivity contribution < 1.29 is 13.2 Å². The summed E-state index contributed by atoms with van der Waals surface area (Å²) in [5.41, 5.74) is 0.0542. The zero-order valence-electron chi connectivity index (χ0n) is 14.9. The molecule has 0 bridgehead atoms. The zero-order valence-corrected chi connectivity index (χ0v) is 15.7. The van der Waals surface area contributed by atoms with Gasteiger partial charge in [-0.1, -0.05) is 13.8 Å². The van der Waals surface area contributed by atoms with Crippen molar-refractivity contribution in [3.63, 3.8) is 0 Å². The van der Waals surface area contributed by atoms with Crippen LogP contribution in [0.2, 0.25) is 0 Å². The number of hydrogen-bond acceptors (Lipinski definition) is 4. The Balaban J connectivity index is 1.80. The largest absolute Gasteiger partial charge is 0.375 e. The molecule has 0 aromatic heterocycles. The number of sulfone groups is 1. The Bertz CT molecular complexity index is 543. The minimum atomic E-state index is -2.82. The lowest BCUT2D eigenvalue weighted by Crippen LogP contribution is -2.64. The molecule has 0 spiro atoms. The standard InChI is InChI=1S/C16H31N3O3S/c1-11(2)22-14-8-13(16(14,3)4)19-15(17-5)18-9-12-6-7-23(20,21)10-12/h11-14H,6-10H2,1-5H3,(H2,17,18,19). The number of hydrogen-bond donors (Lipinski definition) is 2. The van der Waals surface area contributed by atoms with E-state index in [1.165, 1.54) is 0 Å². The minimum absolute atomic E-state index is 0.0542. The lowest BCUT2D eigenvalue weighted by molar-refractivity contribution is -0.134. The number of guanidine groups is 1. The third-order valence-electron chi connectivity index (χ3n) is 5.03. The summed E-state index contributed by atoms with van der Waals surface area (Å²) >= 11 is 0. The van der Waals surface area contributed by atoms with E-state index in [1.807, 2.05) is 0 Å². The molecule has 6 nitrogen and oxygen atoms in total. The predicted molar refractivity (Wildman–Crippen MR) is 93.5 cm³/mol. The first-order valence-electron chi connectivity index (χ1n) is 8.47. The molecular weight excluding hydrogens is 314 g/mol. The highest BCUT2D eigenvalue weighted by atomic mass is 32.2. The smallest absolute Gasteiger partial charge is 0.191 e. The van der Waals surface area contributed by atoms with Crippen LogP contribution in [0.25, 0.3) is 0 Å². The number of aliphatic imine (C=N–C) groups is 1. The summed E-state index contributed by atoms with van der Waals surface area (Å²) in [5, 5.41) is 6.73. The van der Waals surface area contributed by atoms with Crippen molar-refractivity contribution in [2.24, 2.45) is 16.3 Å². The Morgan fingerprint density at radius 1 is 1.39 bits per heavy atom. The summed E-state index contributed by atoms with van der Waals surface area (Å²) in [4.78, 5) is 4.26. The fraction of sp³-hybridized carbons (Fsp3) is 0.938. The van der Waals surface area contributed by atoms with Crippen LogP contribution in [0.3, 0.4) is 0 Å². The van der Waals surface area contributed by atoms with Crippen LogP contribution in [0, 0.1) is 11.3 Å². The molecule has 1 aliphatic carbocycles. The molecule has 23 heavy (non-hydrogen) atoms. The van der Waals surface area contributed by atoms with Crippen LogP contribution in [0.1, 0.15) is 40.5 Å². The maximum Gasteiger partial charge on any atom is 0.191 e. The van der Waals surface area contributed by atoms with Gasteiger partial charge in [0, 0.05) is 25.0 Å². The molecule has 2 aliphatic rings. The van der Waals surface area contributed by atoms with Crippen molar-refractivity contribution in [2.45, 2.75) is 58.8 Å². The van der Waals surface area contributed by atoms with Gasteiger partial charge in [0.15, 0.2) is 15.8 Å². The second-order valence-corrected chi connectivity index (χ2v) is 9.88. The first-order valence-corrected chi connectivity index (χ1v) is 10.3. The van der Waals surface area contributed by atoms with Crippen LogP contribution in [-0.2, 0) is 14.6 Å². The van der Waals surface area contributed by atoms with Crippen molar-refractivity contribution in [2.75, 3.05) is 25.1 Å². The molecule has 3 atom stereocenters. The van der Waals surface area contributed by atoms with Crippen molar-refractivity contribution >= 4 is 15.8 Å². The molecule has 3 unspecified atom stereocenters. The van der Waals surface area contributed by atoms with Gasteiger partial charge in [0.2, 0.25) is 0 Å². The van der Waals surface area contributed by atoms with E-state index in [0.29, 0.717) is 18.3 Å². The van der Waals surface area contributed by atoms with Crippen LogP contribution < -0.4 is 10.6 Å². The van der Waals surface area contributed by atoms with Gasteiger partial charge < -0.3 is 15.4 Å². The Labute approximate surface area is 140 Å². The lowest BCUT2D eigenvalue weighted by Gasteiger charge is -2.52. The average Bonchev–Trinajstić information content (AvgIpc) is 2.80. The second kappa shape index (κ2) is 6.97. The van der Waals surface area contributed by atoms with E-state index in [2.05, 4.69) is 43.3 Å². The van der Waals surface area contributed by atoms with Gasteiger partial charge in [-0.25, -0.2) is 8.42 Å². The maximum absolute atomic E-state index is 11.5. The summed E-state index contributed by atoms with van der Waals surface area (Å²) in [6.45, 7) is 9.19. The summed E-state index contributed by atoms with van der Waals surface area (Å²) < 4.78 is 29.0. The van der Waals surface area contributed by atoms with Gasteiger partial charge in [-0.2, -0.15) is 0 Å². The van der Waals surface area contributed by atoms with Crippen LogP contribution in [-0.4, -0.2) is 57.7 Å². The van der Waals surface area contributed by atoms with Crippen molar-refractivity contribution in [3.8, 4) is 0 Å². The predicted octanol–water partition coefficient (Wildman–Crippen LogP) is 1.18. The Morgan fingerprint density at radius 3 is 2.57 bits per heavy atom. The molecule has 2 rings (SSSR count). The quantitative estimate of drug-likeness (QED) is 0.578. The molecule has 1 saturated heterocycles. The highest BCUT2D eigenvalue weighted by Gasteiger charge is 2.49. The molecule has 134 valence electrons. The maximum atomic E-state index is 11.5. The number of rotatable bonds is 5. The fourth-order valence-electron chi connectivity index (χ4n) is 3.32. The normalized spacial score (nSPS) is 32.6.